The van der Waals surface area contributed by atoms with Crippen molar-refractivity contribution >= 4 is 39.6 Å². The third-order valence-corrected chi connectivity index (χ3v) is 3.18. The van der Waals surface area contributed by atoms with E-state index in [1.54, 1.807) is 26.0 Å². The first-order valence-electron chi connectivity index (χ1n) is 5.99. The summed E-state index contributed by atoms with van der Waals surface area (Å²) in [4.78, 5) is 33.3. The second-order valence-electron chi connectivity index (χ2n) is 4.50. The zero-order chi connectivity index (χ0) is 16.2. The lowest BCUT2D eigenvalue weighted by Gasteiger charge is -2.16. The van der Waals surface area contributed by atoms with E-state index in [4.69, 9.17) is 10.2 Å². The SMILES string of the molecule is Cc1cc(Br)cc(C)c1NC(=O)NC(CC(=O)O)C(=O)O. The minimum absolute atomic E-state index is 0.551. The standard InChI is InChI=1S/C13H15BrN2O5/c1-6-3-8(14)4-7(2)11(6)16-13(21)15-9(12(19)20)5-10(17)18/h3-4,9H,5H2,1-2H3,(H,17,18)(H,19,20)(H2,15,16,21). The van der Waals surface area contributed by atoms with Crippen molar-refractivity contribution < 1.29 is 24.6 Å². The minimum atomic E-state index is -1.49. The summed E-state index contributed by atoms with van der Waals surface area (Å²) in [6, 6.07) is 1.35. The molecule has 0 saturated carbocycles. The topological polar surface area (TPSA) is 116 Å². The Morgan fingerprint density at radius 3 is 2.14 bits per heavy atom. The summed E-state index contributed by atoms with van der Waals surface area (Å²) >= 11 is 3.33. The highest BCUT2D eigenvalue weighted by Gasteiger charge is 2.23. The molecule has 0 aromatic heterocycles. The number of urea groups is 1. The van der Waals surface area contributed by atoms with Crippen LogP contribution >= 0.6 is 15.9 Å². The largest absolute Gasteiger partial charge is 0.481 e. The molecule has 8 heteroatoms. The van der Waals surface area contributed by atoms with Crippen LogP contribution in [0.1, 0.15) is 17.5 Å². The summed E-state index contributed by atoms with van der Waals surface area (Å²) in [6.45, 7) is 3.58. The van der Waals surface area contributed by atoms with E-state index in [1.165, 1.54) is 0 Å². The van der Waals surface area contributed by atoms with Crippen LogP contribution in [0, 0.1) is 13.8 Å². The number of halogens is 1. The maximum Gasteiger partial charge on any atom is 0.326 e. The van der Waals surface area contributed by atoms with Crippen molar-refractivity contribution in [3.8, 4) is 0 Å². The lowest BCUT2D eigenvalue weighted by molar-refractivity contribution is -0.145. The number of carboxylic acid groups (broad SMARTS) is 2. The van der Waals surface area contributed by atoms with Crippen LogP contribution in [0.5, 0.6) is 0 Å². The summed E-state index contributed by atoms with van der Waals surface area (Å²) in [5.74, 6) is -2.71. The van der Waals surface area contributed by atoms with Crippen LogP contribution in [0.25, 0.3) is 0 Å². The van der Waals surface area contributed by atoms with Gasteiger partial charge in [-0.05, 0) is 37.1 Å². The second-order valence-corrected chi connectivity index (χ2v) is 5.42. The highest BCUT2D eigenvalue weighted by atomic mass is 79.9. The van der Waals surface area contributed by atoms with Crippen molar-refractivity contribution in [2.45, 2.75) is 26.3 Å². The van der Waals surface area contributed by atoms with Gasteiger partial charge in [-0.15, -0.1) is 0 Å². The van der Waals surface area contributed by atoms with Crippen LogP contribution in [0.2, 0.25) is 0 Å². The molecular weight excluding hydrogens is 344 g/mol. The van der Waals surface area contributed by atoms with Gasteiger partial charge in [-0.2, -0.15) is 0 Å². The zero-order valence-corrected chi connectivity index (χ0v) is 13.0. The van der Waals surface area contributed by atoms with Gasteiger partial charge < -0.3 is 20.8 Å². The normalized spacial score (nSPS) is 11.6. The molecule has 1 atom stereocenters. The molecule has 2 amide bonds. The molecule has 0 fully saturated rings. The quantitative estimate of drug-likeness (QED) is 0.643. The van der Waals surface area contributed by atoms with Gasteiger partial charge in [-0.25, -0.2) is 9.59 Å². The number of benzene rings is 1. The van der Waals surface area contributed by atoms with Gasteiger partial charge in [0, 0.05) is 10.2 Å². The number of anilines is 1. The predicted octanol–water partition coefficient (Wildman–Crippen LogP) is 2.12. The third-order valence-electron chi connectivity index (χ3n) is 2.72. The Morgan fingerprint density at radius 1 is 1.19 bits per heavy atom. The summed E-state index contributed by atoms with van der Waals surface area (Å²) in [5, 5.41) is 22.1. The first kappa shape index (κ1) is 17.0. The van der Waals surface area contributed by atoms with Crippen molar-refractivity contribution in [1.29, 1.82) is 0 Å². The fourth-order valence-electron chi connectivity index (χ4n) is 1.79. The predicted molar refractivity (Wildman–Crippen MR) is 79.4 cm³/mol. The average Bonchev–Trinajstić information content (AvgIpc) is 2.32. The third kappa shape index (κ3) is 5.07. The van der Waals surface area contributed by atoms with Gasteiger partial charge in [0.15, 0.2) is 0 Å². The number of aliphatic carboxylic acids is 2. The first-order chi connectivity index (χ1) is 9.70. The highest BCUT2D eigenvalue weighted by Crippen LogP contribution is 2.24. The van der Waals surface area contributed by atoms with Gasteiger partial charge in [0.2, 0.25) is 0 Å². The van der Waals surface area contributed by atoms with E-state index in [9.17, 15) is 14.4 Å². The molecule has 1 aromatic carbocycles. The first-order valence-corrected chi connectivity index (χ1v) is 6.79. The molecule has 0 aliphatic rings. The van der Waals surface area contributed by atoms with Crippen molar-refractivity contribution in [3.63, 3.8) is 0 Å². The van der Waals surface area contributed by atoms with Crippen molar-refractivity contribution in [2.24, 2.45) is 0 Å². The summed E-state index contributed by atoms with van der Waals surface area (Å²) in [7, 11) is 0. The Bertz CT molecular complexity index is 565. The Balaban J connectivity index is 2.82. The Morgan fingerprint density at radius 2 is 1.71 bits per heavy atom. The molecule has 0 aliphatic carbocycles. The molecule has 21 heavy (non-hydrogen) atoms. The van der Waals surface area contributed by atoms with Gasteiger partial charge in [-0.1, -0.05) is 15.9 Å². The average molecular weight is 359 g/mol. The molecule has 4 N–H and O–H groups in total. The molecule has 114 valence electrons. The van der Waals surface area contributed by atoms with E-state index < -0.39 is 30.4 Å². The number of carbonyl (C=O) groups excluding carboxylic acids is 1. The van der Waals surface area contributed by atoms with Gasteiger partial charge in [0.1, 0.15) is 6.04 Å². The van der Waals surface area contributed by atoms with Crippen molar-refractivity contribution in [3.05, 3.63) is 27.7 Å². The Hall–Kier alpha value is -2.09. The van der Waals surface area contributed by atoms with Crippen molar-refractivity contribution in [1.82, 2.24) is 5.32 Å². The summed E-state index contributed by atoms with van der Waals surface area (Å²) in [6.07, 6.45) is -0.693. The summed E-state index contributed by atoms with van der Waals surface area (Å²) in [5.41, 5.74) is 2.14. The number of carbonyl (C=O) groups is 3. The number of hydrogen-bond donors (Lipinski definition) is 4. The number of amides is 2. The molecule has 1 rings (SSSR count). The molecule has 1 unspecified atom stereocenters. The van der Waals surface area contributed by atoms with Crippen molar-refractivity contribution in [2.75, 3.05) is 5.32 Å². The van der Waals surface area contributed by atoms with Crippen LogP contribution < -0.4 is 10.6 Å². The molecule has 0 saturated heterocycles. The van der Waals surface area contributed by atoms with E-state index in [0.717, 1.165) is 15.6 Å². The number of rotatable bonds is 5. The smallest absolute Gasteiger partial charge is 0.326 e. The van der Waals surface area contributed by atoms with Gasteiger partial charge in [0.25, 0.3) is 0 Å². The molecule has 0 heterocycles. The highest BCUT2D eigenvalue weighted by molar-refractivity contribution is 9.10. The fourth-order valence-corrected chi connectivity index (χ4v) is 2.48. The second kappa shape index (κ2) is 7.07. The molecule has 0 spiro atoms. The number of aryl methyl sites for hydroxylation is 2. The van der Waals surface area contributed by atoms with E-state index in [0.29, 0.717) is 5.69 Å². The van der Waals surface area contributed by atoms with Crippen LogP contribution in [-0.4, -0.2) is 34.2 Å². The number of carboxylic acids is 2. The maximum absolute atomic E-state index is 11.8. The molecule has 0 bridgehead atoms. The van der Waals surface area contributed by atoms with E-state index in [1.807, 2.05) is 0 Å². The fraction of sp³-hybridized carbons (Fsp3) is 0.308. The molecule has 1 aromatic rings. The molecule has 0 radical (unpaired) electrons. The lowest BCUT2D eigenvalue weighted by Crippen LogP contribution is -2.44. The molecular formula is C13H15BrN2O5. The van der Waals surface area contributed by atoms with Gasteiger partial charge in [-0.3, -0.25) is 4.79 Å². The van der Waals surface area contributed by atoms with Gasteiger partial charge in [0.05, 0.1) is 6.42 Å². The van der Waals surface area contributed by atoms with Gasteiger partial charge >= 0.3 is 18.0 Å². The van der Waals surface area contributed by atoms with E-state index in [-0.39, 0.29) is 0 Å². The number of hydrogen-bond acceptors (Lipinski definition) is 3. The van der Waals surface area contributed by atoms with Crippen LogP contribution in [0.3, 0.4) is 0 Å². The maximum atomic E-state index is 11.8. The van der Waals surface area contributed by atoms with Crippen LogP contribution in [0.15, 0.2) is 16.6 Å². The van der Waals surface area contributed by atoms with Crippen LogP contribution in [-0.2, 0) is 9.59 Å². The summed E-state index contributed by atoms with van der Waals surface area (Å²) < 4.78 is 0.859. The Kier molecular flexibility index (Phi) is 5.71. The van der Waals surface area contributed by atoms with E-state index >= 15 is 0 Å². The zero-order valence-electron chi connectivity index (χ0n) is 11.4. The van der Waals surface area contributed by atoms with E-state index in [2.05, 4.69) is 26.6 Å². The minimum Gasteiger partial charge on any atom is -0.481 e. The monoisotopic (exact) mass is 358 g/mol. The van der Waals surface area contributed by atoms with Crippen LogP contribution in [0.4, 0.5) is 10.5 Å². The Labute approximate surface area is 129 Å². The lowest BCUT2D eigenvalue weighted by atomic mass is 10.1. The molecule has 0 aliphatic heterocycles. The number of nitrogens with one attached hydrogen (secondary N) is 2. The molecule has 7 nitrogen and oxygen atoms in total.